The second-order valence-electron chi connectivity index (χ2n) is 8.75. The first-order valence-electron chi connectivity index (χ1n) is 12.3. The van der Waals surface area contributed by atoms with Crippen molar-refractivity contribution in [3.05, 3.63) is 0 Å². The summed E-state index contributed by atoms with van der Waals surface area (Å²) in [5.41, 5.74) is 0.139. The van der Waals surface area contributed by atoms with Crippen LogP contribution in [-0.4, -0.2) is 12.2 Å². The predicted octanol–water partition coefficient (Wildman–Crippen LogP) is 9.23. The topological polar surface area (TPSA) is 9.23 Å². The van der Waals surface area contributed by atoms with Crippen molar-refractivity contribution in [3.8, 4) is 0 Å². The van der Waals surface area contributed by atoms with Crippen molar-refractivity contribution in [2.45, 2.75) is 155 Å². The summed E-state index contributed by atoms with van der Waals surface area (Å²) in [4.78, 5) is 0. The van der Waals surface area contributed by atoms with Crippen molar-refractivity contribution < 1.29 is 4.74 Å². The summed E-state index contributed by atoms with van der Waals surface area (Å²) in [6.07, 6.45) is 25.9. The Kier molecular flexibility index (Phi) is 19.7. The van der Waals surface area contributed by atoms with Gasteiger partial charge in [0.25, 0.3) is 0 Å². The first-order valence-corrected chi connectivity index (χ1v) is 12.3. The van der Waals surface area contributed by atoms with Gasteiger partial charge in [-0.3, -0.25) is 0 Å². The Labute approximate surface area is 167 Å². The predicted molar refractivity (Wildman–Crippen MR) is 119 cm³/mol. The van der Waals surface area contributed by atoms with Crippen LogP contribution in [0.1, 0.15) is 150 Å². The smallest absolute Gasteiger partial charge is 0.0654 e. The lowest BCUT2D eigenvalue weighted by atomic mass is 9.91. The molecule has 0 radical (unpaired) electrons. The van der Waals surface area contributed by atoms with E-state index in [0.717, 1.165) is 6.61 Å². The van der Waals surface area contributed by atoms with Gasteiger partial charge in [-0.25, -0.2) is 0 Å². The molecular weight excluding hydrogens is 316 g/mol. The molecule has 0 rings (SSSR count). The Morgan fingerprint density at radius 3 is 1.35 bits per heavy atom. The molecule has 0 amide bonds. The van der Waals surface area contributed by atoms with Gasteiger partial charge in [0.2, 0.25) is 0 Å². The van der Waals surface area contributed by atoms with Crippen LogP contribution in [0.25, 0.3) is 0 Å². The maximum atomic E-state index is 6.42. The molecule has 0 aromatic carbocycles. The van der Waals surface area contributed by atoms with E-state index in [1.807, 2.05) is 0 Å². The number of hydrogen-bond donors (Lipinski definition) is 0. The number of hydrogen-bond acceptors (Lipinski definition) is 1. The fourth-order valence-corrected chi connectivity index (χ4v) is 3.83. The van der Waals surface area contributed by atoms with E-state index in [1.165, 1.54) is 122 Å². The van der Waals surface area contributed by atoms with Gasteiger partial charge >= 0.3 is 0 Å². The summed E-state index contributed by atoms with van der Waals surface area (Å²) in [5, 5.41) is 0. The molecule has 0 aliphatic heterocycles. The van der Waals surface area contributed by atoms with E-state index < -0.39 is 0 Å². The molecule has 1 heteroatoms. The molecule has 0 bridgehead atoms. The normalized spacial score (nSPS) is 13.8. The molecule has 0 aliphatic rings. The Bertz CT molecular complexity index is 263. The molecule has 0 N–H and O–H groups in total. The largest absolute Gasteiger partial charge is 0.375 e. The molecular formula is C25H52O. The minimum atomic E-state index is 0.139. The molecule has 0 aromatic heterocycles. The van der Waals surface area contributed by atoms with Gasteiger partial charge < -0.3 is 4.74 Å². The van der Waals surface area contributed by atoms with Gasteiger partial charge in [0.1, 0.15) is 0 Å². The minimum absolute atomic E-state index is 0.139. The van der Waals surface area contributed by atoms with Crippen LogP contribution < -0.4 is 0 Å². The highest BCUT2D eigenvalue weighted by molar-refractivity contribution is 4.75. The summed E-state index contributed by atoms with van der Waals surface area (Å²) in [7, 11) is 0. The molecule has 0 saturated heterocycles. The molecule has 0 aromatic rings. The lowest BCUT2D eigenvalue weighted by Gasteiger charge is -2.30. The standard InChI is InChI=1S/C25H52O/c1-5-8-11-13-15-17-19-21-24-26-25(4,22-10-7-3)23-20-18-16-14-12-9-6-2/h5-24H2,1-4H3. The maximum Gasteiger partial charge on any atom is 0.0654 e. The zero-order valence-electron chi connectivity index (χ0n) is 19.1. The Balaban J connectivity index is 3.77. The van der Waals surface area contributed by atoms with E-state index in [4.69, 9.17) is 4.74 Å². The van der Waals surface area contributed by atoms with Crippen molar-refractivity contribution in [2.75, 3.05) is 6.61 Å². The zero-order valence-corrected chi connectivity index (χ0v) is 19.1. The second kappa shape index (κ2) is 19.7. The minimum Gasteiger partial charge on any atom is -0.375 e. The van der Waals surface area contributed by atoms with E-state index in [9.17, 15) is 0 Å². The summed E-state index contributed by atoms with van der Waals surface area (Å²) in [6.45, 7) is 10.2. The van der Waals surface area contributed by atoms with Crippen molar-refractivity contribution in [2.24, 2.45) is 0 Å². The third kappa shape index (κ3) is 17.4. The number of unbranched alkanes of at least 4 members (excludes halogenated alkanes) is 14. The molecule has 158 valence electrons. The van der Waals surface area contributed by atoms with Crippen LogP contribution in [0.3, 0.4) is 0 Å². The van der Waals surface area contributed by atoms with Crippen molar-refractivity contribution >= 4 is 0 Å². The van der Waals surface area contributed by atoms with Crippen LogP contribution in [0.4, 0.5) is 0 Å². The fraction of sp³-hybridized carbons (Fsp3) is 1.00. The molecule has 0 spiro atoms. The lowest BCUT2D eigenvalue weighted by molar-refractivity contribution is -0.0479. The average Bonchev–Trinajstić information content (AvgIpc) is 2.64. The SMILES string of the molecule is CCCCCCCCCCOC(C)(CCCC)CCCCCCCCC. The lowest BCUT2D eigenvalue weighted by Crippen LogP contribution is -2.29. The van der Waals surface area contributed by atoms with Crippen LogP contribution >= 0.6 is 0 Å². The van der Waals surface area contributed by atoms with Gasteiger partial charge in [0.15, 0.2) is 0 Å². The summed E-state index contributed by atoms with van der Waals surface area (Å²) < 4.78 is 6.42. The second-order valence-corrected chi connectivity index (χ2v) is 8.75. The van der Waals surface area contributed by atoms with E-state index in [1.54, 1.807) is 0 Å². The van der Waals surface area contributed by atoms with Gasteiger partial charge in [-0.05, 0) is 26.2 Å². The Morgan fingerprint density at radius 1 is 0.462 bits per heavy atom. The molecule has 0 saturated carbocycles. The molecule has 1 nitrogen and oxygen atoms in total. The van der Waals surface area contributed by atoms with Crippen LogP contribution in [-0.2, 0) is 4.74 Å². The van der Waals surface area contributed by atoms with Crippen molar-refractivity contribution in [1.29, 1.82) is 0 Å². The van der Waals surface area contributed by atoms with Crippen LogP contribution in [0.2, 0.25) is 0 Å². The monoisotopic (exact) mass is 368 g/mol. The molecule has 1 unspecified atom stereocenters. The summed E-state index contributed by atoms with van der Waals surface area (Å²) in [6, 6.07) is 0. The molecule has 26 heavy (non-hydrogen) atoms. The average molecular weight is 369 g/mol. The van der Waals surface area contributed by atoms with Gasteiger partial charge in [-0.15, -0.1) is 0 Å². The highest BCUT2D eigenvalue weighted by Crippen LogP contribution is 2.26. The quantitative estimate of drug-likeness (QED) is 0.183. The van der Waals surface area contributed by atoms with Gasteiger partial charge in [0.05, 0.1) is 5.60 Å². The highest BCUT2D eigenvalue weighted by Gasteiger charge is 2.23. The van der Waals surface area contributed by atoms with Crippen LogP contribution in [0, 0.1) is 0 Å². The van der Waals surface area contributed by atoms with Crippen molar-refractivity contribution in [1.82, 2.24) is 0 Å². The number of ether oxygens (including phenoxy) is 1. The molecule has 0 heterocycles. The van der Waals surface area contributed by atoms with E-state index in [0.29, 0.717) is 0 Å². The Hall–Kier alpha value is -0.0400. The molecule has 1 atom stereocenters. The first kappa shape index (κ1) is 26.0. The third-order valence-electron chi connectivity index (χ3n) is 5.82. The van der Waals surface area contributed by atoms with Gasteiger partial charge in [-0.1, -0.05) is 124 Å². The summed E-state index contributed by atoms with van der Waals surface area (Å²) >= 11 is 0. The summed E-state index contributed by atoms with van der Waals surface area (Å²) in [5.74, 6) is 0. The Morgan fingerprint density at radius 2 is 0.846 bits per heavy atom. The van der Waals surface area contributed by atoms with Gasteiger partial charge in [-0.2, -0.15) is 0 Å². The van der Waals surface area contributed by atoms with E-state index in [-0.39, 0.29) is 5.60 Å². The molecule has 0 fully saturated rings. The van der Waals surface area contributed by atoms with E-state index >= 15 is 0 Å². The first-order chi connectivity index (χ1) is 12.7. The van der Waals surface area contributed by atoms with Gasteiger partial charge in [0, 0.05) is 6.61 Å². The molecule has 0 aliphatic carbocycles. The zero-order chi connectivity index (χ0) is 19.3. The van der Waals surface area contributed by atoms with Crippen LogP contribution in [0.5, 0.6) is 0 Å². The van der Waals surface area contributed by atoms with Crippen LogP contribution in [0.15, 0.2) is 0 Å². The third-order valence-corrected chi connectivity index (χ3v) is 5.82. The number of rotatable bonds is 21. The van der Waals surface area contributed by atoms with E-state index in [2.05, 4.69) is 27.7 Å². The van der Waals surface area contributed by atoms with Crippen molar-refractivity contribution in [3.63, 3.8) is 0 Å². The highest BCUT2D eigenvalue weighted by atomic mass is 16.5. The fourth-order valence-electron chi connectivity index (χ4n) is 3.83. The maximum absolute atomic E-state index is 6.42.